The first-order valence-electron chi connectivity index (χ1n) is 8.71. The fourth-order valence-corrected chi connectivity index (χ4v) is 3.51. The van der Waals surface area contributed by atoms with E-state index in [1.54, 1.807) is 23.4 Å². The summed E-state index contributed by atoms with van der Waals surface area (Å²) in [6, 6.07) is 6.96. The molecule has 2 aliphatic rings. The minimum atomic E-state index is -0.485. The van der Waals surface area contributed by atoms with Crippen LogP contribution in [0.4, 0.5) is 0 Å². The van der Waals surface area contributed by atoms with E-state index in [0.717, 1.165) is 16.7 Å². The van der Waals surface area contributed by atoms with Gasteiger partial charge < -0.3 is 25.2 Å². The second kappa shape index (κ2) is 6.93. The molecule has 2 aromatic rings. The number of β-amino-alcohol motifs (C(OH)–C–C–N with tert-alkyl or cyclic N) is 1. The van der Waals surface area contributed by atoms with Gasteiger partial charge in [-0.3, -0.25) is 9.78 Å². The molecule has 0 saturated carbocycles. The van der Waals surface area contributed by atoms with E-state index in [-0.39, 0.29) is 17.7 Å². The number of pyridine rings is 1. The van der Waals surface area contributed by atoms with Gasteiger partial charge in [0, 0.05) is 36.6 Å². The van der Waals surface area contributed by atoms with Crippen molar-refractivity contribution in [2.75, 3.05) is 19.7 Å². The lowest BCUT2D eigenvalue weighted by atomic mass is 10.0. The molecule has 2 atom stereocenters. The van der Waals surface area contributed by atoms with E-state index >= 15 is 0 Å². The fourth-order valence-electron chi connectivity index (χ4n) is 3.51. The van der Waals surface area contributed by atoms with Crippen molar-refractivity contribution >= 4 is 5.91 Å². The molecule has 0 bridgehead atoms. The largest absolute Gasteiger partial charge is 0.504 e. The first-order valence-corrected chi connectivity index (χ1v) is 8.71. The highest BCUT2D eigenvalue weighted by molar-refractivity contribution is 5.82. The van der Waals surface area contributed by atoms with E-state index < -0.39 is 6.10 Å². The van der Waals surface area contributed by atoms with Gasteiger partial charge in [0.15, 0.2) is 11.5 Å². The third-order valence-corrected chi connectivity index (χ3v) is 4.83. The van der Waals surface area contributed by atoms with Crippen molar-refractivity contribution in [1.29, 1.82) is 0 Å². The normalized spacial score (nSPS) is 22.4. The number of hydrogen-bond donors (Lipinski definition) is 3. The lowest BCUT2D eigenvalue weighted by Crippen LogP contribution is -2.44. The molecule has 0 spiro atoms. The molecule has 0 aliphatic carbocycles. The lowest BCUT2D eigenvalue weighted by molar-refractivity contribution is -0.134. The van der Waals surface area contributed by atoms with Gasteiger partial charge in [-0.1, -0.05) is 6.07 Å². The van der Waals surface area contributed by atoms with Gasteiger partial charge in [-0.25, -0.2) is 0 Å². The number of phenols is 1. The van der Waals surface area contributed by atoms with Gasteiger partial charge in [-0.05, 0) is 30.2 Å². The maximum absolute atomic E-state index is 12.8. The molecule has 0 unspecified atom stereocenters. The summed E-state index contributed by atoms with van der Waals surface area (Å²) in [4.78, 5) is 18.6. The molecular weight excluding hydrogens is 334 g/mol. The Bertz CT molecular complexity index is 812. The SMILES string of the molecule is O=C([C@@H]1C[C@@H](O)CN1)N1CCOc2c(O)cc(-c3cccnc3)cc2C1. The molecular formula is C19H21N3O4. The molecule has 26 heavy (non-hydrogen) atoms. The number of phenolic OH excluding ortho intramolecular Hbond substituents is 1. The van der Waals surface area contributed by atoms with Gasteiger partial charge in [0.05, 0.1) is 18.7 Å². The molecule has 0 radical (unpaired) electrons. The maximum Gasteiger partial charge on any atom is 0.240 e. The van der Waals surface area contributed by atoms with E-state index in [1.165, 1.54) is 0 Å². The number of nitrogens with one attached hydrogen (secondary N) is 1. The maximum atomic E-state index is 12.8. The van der Waals surface area contributed by atoms with Crippen LogP contribution in [0.15, 0.2) is 36.7 Å². The van der Waals surface area contributed by atoms with Gasteiger partial charge in [0.1, 0.15) is 6.61 Å². The van der Waals surface area contributed by atoms with E-state index in [1.807, 2.05) is 18.2 Å². The Morgan fingerprint density at radius 3 is 2.96 bits per heavy atom. The van der Waals surface area contributed by atoms with Crippen LogP contribution in [0.1, 0.15) is 12.0 Å². The van der Waals surface area contributed by atoms with Crippen molar-refractivity contribution in [3.8, 4) is 22.6 Å². The summed E-state index contributed by atoms with van der Waals surface area (Å²) in [6.07, 6.45) is 3.36. The Labute approximate surface area is 151 Å². The number of rotatable bonds is 2. The van der Waals surface area contributed by atoms with Gasteiger partial charge >= 0.3 is 0 Å². The predicted molar refractivity (Wildman–Crippen MR) is 94.7 cm³/mol. The number of amides is 1. The molecule has 136 valence electrons. The standard InChI is InChI=1S/C19H21N3O4/c23-15-8-16(21-10-15)19(25)22-4-5-26-18-14(11-22)6-13(7-17(18)24)12-2-1-3-20-9-12/h1-3,6-7,9,15-16,21,23-24H,4-5,8,10-11H2/t15-,16+/m1/s1. The van der Waals surface area contributed by atoms with Crippen LogP contribution < -0.4 is 10.1 Å². The molecule has 1 aromatic carbocycles. The Kier molecular flexibility index (Phi) is 4.48. The van der Waals surface area contributed by atoms with Crippen LogP contribution in [0.3, 0.4) is 0 Å². The summed E-state index contributed by atoms with van der Waals surface area (Å²) in [7, 11) is 0. The molecule has 3 heterocycles. The number of carbonyl (C=O) groups excluding carboxylic acids is 1. The highest BCUT2D eigenvalue weighted by atomic mass is 16.5. The van der Waals surface area contributed by atoms with Crippen LogP contribution in [0.25, 0.3) is 11.1 Å². The number of hydrogen-bond acceptors (Lipinski definition) is 6. The molecule has 1 saturated heterocycles. The summed E-state index contributed by atoms with van der Waals surface area (Å²) in [5, 5.41) is 23.1. The lowest BCUT2D eigenvalue weighted by Gasteiger charge is -2.23. The highest BCUT2D eigenvalue weighted by Crippen LogP contribution is 2.37. The number of aromatic hydroxyl groups is 1. The van der Waals surface area contributed by atoms with Gasteiger partial charge in [-0.15, -0.1) is 0 Å². The molecule has 4 rings (SSSR count). The Morgan fingerprint density at radius 1 is 1.35 bits per heavy atom. The predicted octanol–water partition coefficient (Wildman–Crippen LogP) is 0.898. The van der Waals surface area contributed by atoms with Crippen molar-refractivity contribution in [1.82, 2.24) is 15.2 Å². The summed E-state index contributed by atoms with van der Waals surface area (Å²) < 4.78 is 5.70. The first kappa shape index (κ1) is 16.8. The molecule has 2 aliphatic heterocycles. The van der Waals surface area contributed by atoms with Crippen LogP contribution in [0.5, 0.6) is 11.5 Å². The smallest absolute Gasteiger partial charge is 0.240 e. The van der Waals surface area contributed by atoms with Gasteiger partial charge in [0.2, 0.25) is 5.91 Å². The Morgan fingerprint density at radius 2 is 2.23 bits per heavy atom. The van der Waals surface area contributed by atoms with E-state index in [0.29, 0.717) is 38.4 Å². The average Bonchev–Trinajstić information content (AvgIpc) is 2.96. The number of aliphatic hydroxyl groups is 1. The molecule has 7 nitrogen and oxygen atoms in total. The van der Waals surface area contributed by atoms with Crippen molar-refractivity contribution in [2.24, 2.45) is 0 Å². The number of aliphatic hydroxyl groups excluding tert-OH is 1. The number of benzene rings is 1. The van der Waals surface area contributed by atoms with E-state index in [4.69, 9.17) is 4.74 Å². The first-order chi connectivity index (χ1) is 12.6. The van der Waals surface area contributed by atoms with Crippen molar-refractivity contribution in [2.45, 2.75) is 25.1 Å². The van der Waals surface area contributed by atoms with Crippen LogP contribution in [0.2, 0.25) is 0 Å². The molecule has 1 fully saturated rings. The summed E-state index contributed by atoms with van der Waals surface area (Å²) in [5.74, 6) is 0.432. The second-order valence-electron chi connectivity index (χ2n) is 6.68. The Hall–Kier alpha value is -2.64. The number of ether oxygens (including phenoxy) is 1. The zero-order chi connectivity index (χ0) is 18.1. The highest BCUT2D eigenvalue weighted by Gasteiger charge is 2.32. The molecule has 7 heteroatoms. The van der Waals surface area contributed by atoms with Crippen LogP contribution >= 0.6 is 0 Å². The summed E-state index contributed by atoms with van der Waals surface area (Å²) in [5.41, 5.74) is 2.46. The summed E-state index contributed by atoms with van der Waals surface area (Å²) in [6.45, 7) is 1.53. The van der Waals surface area contributed by atoms with Crippen molar-refractivity contribution in [3.63, 3.8) is 0 Å². The van der Waals surface area contributed by atoms with Crippen molar-refractivity contribution in [3.05, 3.63) is 42.2 Å². The van der Waals surface area contributed by atoms with Crippen LogP contribution in [-0.4, -0.2) is 57.8 Å². The number of fused-ring (bicyclic) bond motifs is 1. The van der Waals surface area contributed by atoms with Gasteiger partial charge in [0.25, 0.3) is 0 Å². The average molecular weight is 355 g/mol. The second-order valence-corrected chi connectivity index (χ2v) is 6.68. The van der Waals surface area contributed by atoms with Crippen LogP contribution in [-0.2, 0) is 11.3 Å². The quantitative estimate of drug-likeness (QED) is 0.741. The summed E-state index contributed by atoms with van der Waals surface area (Å²) >= 11 is 0. The number of nitrogens with zero attached hydrogens (tertiary/aromatic N) is 2. The number of carbonyl (C=O) groups is 1. The Balaban J connectivity index is 1.63. The van der Waals surface area contributed by atoms with Crippen LogP contribution in [0, 0.1) is 0 Å². The zero-order valence-corrected chi connectivity index (χ0v) is 14.3. The van der Waals surface area contributed by atoms with Gasteiger partial charge in [-0.2, -0.15) is 0 Å². The molecule has 1 amide bonds. The van der Waals surface area contributed by atoms with Crippen molar-refractivity contribution < 1.29 is 19.7 Å². The fraction of sp³-hybridized carbons (Fsp3) is 0.368. The zero-order valence-electron chi connectivity index (χ0n) is 14.3. The van der Waals surface area contributed by atoms with E-state index in [2.05, 4.69) is 10.3 Å². The minimum absolute atomic E-state index is 0.0516. The molecule has 1 aromatic heterocycles. The third-order valence-electron chi connectivity index (χ3n) is 4.83. The number of aromatic nitrogens is 1. The topological polar surface area (TPSA) is 94.9 Å². The monoisotopic (exact) mass is 355 g/mol. The third kappa shape index (κ3) is 3.23. The molecule has 3 N–H and O–H groups in total. The minimum Gasteiger partial charge on any atom is -0.504 e. The van der Waals surface area contributed by atoms with E-state index in [9.17, 15) is 15.0 Å².